The molecule has 0 heterocycles. The summed E-state index contributed by atoms with van der Waals surface area (Å²) >= 11 is 0. The minimum atomic E-state index is -4.46. The Labute approximate surface area is 328 Å². The van der Waals surface area contributed by atoms with Crippen molar-refractivity contribution >= 4 is 13.8 Å². The largest absolute Gasteiger partial charge is 0.473 e. The van der Waals surface area contributed by atoms with Gasteiger partial charge < -0.3 is 19.2 Å². The van der Waals surface area contributed by atoms with Crippen molar-refractivity contribution in [2.24, 2.45) is 0 Å². The van der Waals surface area contributed by atoms with Crippen molar-refractivity contribution in [1.29, 1.82) is 0 Å². The van der Waals surface area contributed by atoms with Gasteiger partial charge in [-0.3, -0.25) is 13.8 Å². The molecule has 2 N–H and O–H groups in total. The SMILES string of the molecule is CCCCCCCC/C=C\CCCCCCCC(=O)O[C@H](CO)COP(=O)(O)OC(/C=C\CCCCCCCCCCCCCCCC)C[N+](C)(C)C. The zero-order valence-electron chi connectivity index (χ0n) is 35.4. The van der Waals surface area contributed by atoms with Crippen molar-refractivity contribution in [3.05, 3.63) is 24.3 Å². The predicted molar refractivity (Wildman–Crippen MR) is 224 cm³/mol. The molecule has 0 aliphatic carbocycles. The number of carbonyl (C=O) groups excluding carboxylic acids is 1. The van der Waals surface area contributed by atoms with Crippen molar-refractivity contribution in [2.75, 3.05) is 40.9 Å². The van der Waals surface area contributed by atoms with Gasteiger partial charge in [-0.25, -0.2) is 4.57 Å². The van der Waals surface area contributed by atoms with Gasteiger partial charge in [0.05, 0.1) is 34.4 Å². The number of quaternary nitrogens is 1. The number of phosphoric ester groups is 1. The molecule has 0 bridgehead atoms. The normalized spacial score (nSPS) is 14.6. The molecule has 0 aromatic rings. The maximum absolute atomic E-state index is 12.9. The van der Waals surface area contributed by atoms with Crippen LogP contribution in [0.4, 0.5) is 0 Å². The Kier molecular flexibility index (Phi) is 35.9. The number of hydrogen-bond acceptors (Lipinski definition) is 6. The van der Waals surface area contributed by atoms with Gasteiger partial charge in [0.25, 0.3) is 0 Å². The molecular formula is C44H87NO7P+. The molecule has 0 radical (unpaired) electrons. The summed E-state index contributed by atoms with van der Waals surface area (Å²) in [6.07, 6.45) is 41.9. The van der Waals surface area contributed by atoms with Crippen LogP contribution in [0, 0.1) is 0 Å². The fourth-order valence-electron chi connectivity index (χ4n) is 6.46. The lowest BCUT2D eigenvalue weighted by Gasteiger charge is -2.28. The first-order valence-corrected chi connectivity index (χ1v) is 23.6. The van der Waals surface area contributed by atoms with E-state index in [4.69, 9.17) is 13.8 Å². The van der Waals surface area contributed by atoms with Crippen LogP contribution in [0.2, 0.25) is 0 Å². The monoisotopic (exact) mass is 773 g/mol. The van der Waals surface area contributed by atoms with Crippen LogP contribution in [0.15, 0.2) is 24.3 Å². The van der Waals surface area contributed by atoms with E-state index in [1.54, 1.807) is 0 Å². The number of ether oxygens (including phenoxy) is 1. The Bertz CT molecular complexity index is 920. The second-order valence-electron chi connectivity index (χ2n) is 16.3. The van der Waals surface area contributed by atoms with E-state index in [1.165, 1.54) is 128 Å². The topological polar surface area (TPSA) is 102 Å². The standard InChI is InChI=1S/C44H86NO7P/c1-6-8-10-12-14-16-18-20-22-24-25-27-29-31-33-35-37-42(39-45(3,4)5)52-53(48,49)50-41-43(40-46)51-44(47)38-36-34-32-30-28-26-23-21-19-17-15-13-11-9-7-2/h21,23,35,37,42-43,46H,6-20,22,24-34,36,38-41H2,1-5H3/p+1/b23-21-,37-35-/t42?,43-/m1/s1. The number of aliphatic hydroxyl groups excluding tert-OH is 1. The lowest BCUT2D eigenvalue weighted by Crippen LogP contribution is -2.41. The van der Waals surface area contributed by atoms with Gasteiger partial charge in [-0.15, -0.1) is 0 Å². The molecule has 2 unspecified atom stereocenters. The first-order valence-electron chi connectivity index (χ1n) is 22.1. The second-order valence-corrected chi connectivity index (χ2v) is 17.7. The highest BCUT2D eigenvalue weighted by Gasteiger charge is 2.30. The summed E-state index contributed by atoms with van der Waals surface area (Å²) in [5.41, 5.74) is 0. The van der Waals surface area contributed by atoms with Crippen LogP contribution in [-0.2, 0) is 23.1 Å². The minimum absolute atomic E-state index is 0.248. The molecule has 3 atom stereocenters. The summed E-state index contributed by atoms with van der Waals surface area (Å²) in [5, 5.41) is 9.73. The van der Waals surface area contributed by atoms with Crippen LogP contribution in [-0.4, -0.2) is 73.6 Å². The molecular weight excluding hydrogens is 685 g/mol. The lowest BCUT2D eigenvalue weighted by atomic mass is 10.0. The van der Waals surface area contributed by atoms with Gasteiger partial charge in [-0.1, -0.05) is 173 Å². The third-order valence-corrected chi connectivity index (χ3v) is 10.7. The average molecular weight is 773 g/mol. The van der Waals surface area contributed by atoms with E-state index >= 15 is 0 Å². The van der Waals surface area contributed by atoms with Crippen LogP contribution in [0.1, 0.15) is 200 Å². The molecule has 0 rings (SSSR count). The van der Waals surface area contributed by atoms with E-state index in [2.05, 4.69) is 26.0 Å². The van der Waals surface area contributed by atoms with Crippen LogP contribution in [0.25, 0.3) is 0 Å². The Morgan fingerprint density at radius 3 is 1.43 bits per heavy atom. The van der Waals surface area contributed by atoms with E-state index in [-0.39, 0.29) is 6.42 Å². The molecule has 0 saturated carbocycles. The van der Waals surface area contributed by atoms with Gasteiger partial charge in [0.2, 0.25) is 0 Å². The van der Waals surface area contributed by atoms with Crippen LogP contribution >= 0.6 is 7.82 Å². The zero-order valence-corrected chi connectivity index (χ0v) is 36.3. The van der Waals surface area contributed by atoms with Crippen molar-refractivity contribution in [2.45, 2.75) is 212 Å². The van der Waals surface area contributed by atoms with Crippen molar-refractivity contribution < 1.29 is 37.6 Å². The second kappa shape index (κ2) is 36.6. The Morgan fingerprint density at radius 2 is 1.02 bits per heavy atom. The van der Waals surface area contributed by atoms with E-state index in [1.807, 2.05) is 33.3 Å². The maximum atomic E-state index is 12.9. The Morgan fingerprint density at radius 1 is 0.623 bits per heavy atom. The summed E-state index contributed by atoms with van der Waals surface area (Å²) in [7, 11) is 1.54. The van der Waals surface area contributed by atoms with Gasteiger partial charge in [-0.05, 0) is 44.9 Å². The fourth-order valence-corrected chi connectivity index (χ4v) is 7.36. The quantitative estimate of drug-likeness (QED) is 0.0210. The number of allylic oxidation sites excluding steroid dienone is 3. The van der Waals surface area contributed by atoms with Crippen molar-refractivity contribution in [3.63, 3.8) is 0 Å². The molecule has 0 aromatic heterocycles. The zero-order chi connectivity index (χ0) is 39.3. The highest BCUT2D eigenvalue weighted by molar-refractivity contribution is 7.47. The Balaban J connectivity index is 4.21. The molecule has 0 fully saturated rings. The highest BCUT2D eigenvalue weighted by Crippen LogP contribution is 2.45. The molecule has 0 amide bonds. The number of nitrogens with zero attached hydrogens (tertiary/aromatic N) is 1. The van der Waals surface area contributed by atoms with Gasteiger partial charge in [0.15, 0.2) is 0 Å². The first-order chi connectivity index (χ1) is 25.5. The molecule has 0 aromatic carbocycles. The van der Waals surface area contributed by atoms with Gasteiger partial charge in [0, 0.05) is 6.42 Å². The third kappa shape index (κ3) is 39.0. The maximum Gasteiger partial charge on any atom is 0.473 e. The molecule has 8 nitrogen and oxygen atoms in total. The third-order valence-electron chi connectivity index (χ3n) is 9.64. The molecule has 0 aliphatic heterocycles. The molecule has 0 saturated heterocycles. The highest BCUT2D eigenvalue weighted by atomic mass is 31.2. The van der Waals surface area contributed by atoms with E-state index in [0.29, 0.717) is 17.4 Å². The van der Waals surface area contributed by atoms with Crippen molar-refractivity contribution in [1.82, 2.24) is 0 Å². The molecule has 0 spiro atoms. The van der Waals surface area contributed by atoms with Gasteiger partial charge in [0.1, 0.15) is 18.8 Å². The predicted octanol–water partition coefficient (Wildman–Crippen LogP) is 12.6. The average Bonchev–Trinajstić information content (AvgIpc) is 3.10. The van der Waals surface area contributed by atoms with Gasteiger partial charge in [-0.2, -0.15) is 0 Å². The van der Waals surface area contributed by atoms with E-state index in [9.17, 15) is 19.4 Å². The summed E-state index contributed by atoms with van der Waals surface area (Å²) < 4.78 is 29.5. The van der Waals surface area contributed by atoms with E-state index < -0.39 is 39.2 Å². The van der Waals surface area contributed by atoms with Crippen molar-refractivity contribution in [3.8, 4) is 0 Å². The number of unbranched alkanes of at least 4 members (excludes halogenated alkanes) is 25. The lowest BCUT2D eigenvalue weighted by molar-refractivity contribution is -0.872. The molecule has 9 heteroatoms. The summed E-state index contributed by atoms with van der Waals surface area (Å²) in [4.78, 5) is 22.9. The number of carbonyl (C=O) groups is 1. The minimum Gasteiger partial charge on any atom is -0.457 e. The fraction of sp³-hybridized carbons (Fsp3) is 0.886. The van der Waals surface area contributed by atoms with Crippen LogP contribution in [0.3, 0.4) is 0 Å². The summed E-state index contributed by atoms with van der Waals surface area (Å²) in [6, 6.07) is 0. The first kappa shape index (κ1) is 52.0. The van der Waals surface area contributed by atoms with E-state index in [0.717, 1.165) is 44.9 Å². The van der Waals surface area contributed by atoms with Crippen LogP contribution < -0.4 is 0 Å². The summed E-state index contributed by atoms with van der Waals surface area (Å²) in [5.74, 6) is -0.437. The molecule has 53 heavy (non-hydrogen) atoms. The smallest absolute Gasteiger partial charge is 0.457 e. The number of aliphatic hydroxyl groups is 1. The summed E-state index contributed by atoms with van der Waals surface area (Å²) in [6.45, 7) is 4.09. The van der Waals surface area contributed by atoms with Crippen LogP contribution in [0.5, 0.6) is 0 Å². The number of hydrogen-bond donors (Lipinski definition) is 2. The number of likely N-dealkylation sites (N-methyl/N-ethyl adjacent to an activating group) is 1. The molecule has 0 aliphatic rings. The van der Waals surface area contributed by atoms with Gasteiger partial charge >= 0.3 is 13.8 Å². The number of phosphoric acid groups is 1. The molecule has 314 valence electrons. The Hall–Kier alpha value is -1.02. The number of rotatable bonds is 40. The number of esters is 1.